The molecule has 0 aliphatic rings. The van der Waals surface area contributed by atoms with E-state index in [2.05, 4.69) is 0 Å². The molecule has 0 fully saturated rings. The van der Waals surface area contributed by atoms with E-state index >= 15 is 0 Å². The molecule has 0 saturated carbocycles. The van der Waals surface area contributed by atoms with Crippen LogP contribution in [0.15, 0.2) is 22.6 Å². The standard InChI is InChI=1S/C15H16N2O6/c1-7-10-6-9(21-3)4-5-11(10)23-12(7)14(19)22-8(2)13(18)17-15(16)20/h4-6,8H,1-3H3,(H3,16,17,18,20). The summed E-state index contributed by atoms with van der Waals surface area (Å²) in [4.78, 5) is 34.3. The molecule has 0 radical (unpaired) electrons. The Hall–Kier alpha value is -3.03. The summed E-state index contributed by atoms with van der Waals surface area (Å²) in [5.74, 6) is -1.03. The molecule has 2 rings (SSSR count). The van der Waals surface area contributed by atoms with Crippen LogP contribution >= 0.6 is 0 Å². The molecule has 2 aromatic rings. The minimum atomic E-state index is -1.20. The van der Waals surface area contributed by atoms with Crippen molar-refractivity contribution in [2.45, 2.75) is 20.0 Å². The second kappa shape index (κ2) is 6.39. The van der Waals surface area contributed by atoms with Crippen LogP contribution in [0.1, 0.15) is 23.0 Å². The minimum absolute atomic E-state index is 0.0213. The molecule has 0 spiro atoms. The molecule has 0 aliphatic heterocycles. The Bertz CT molecular complexity index is 780. The summed E-state index contributed by atoms with van der Waals surface area (Å²) in [6, 6.07) is 4.07. The Labute approximate surface area is 131 Å². The molecular weight excluding hydrogens is 304 g/mol. The molecule has 0 aliphatic carbocycles. The number of carbonyl (C=O) groups is 3. The van der Waals surface area contributed by atoms with Crippen molar-refractivity contribution < 1.29 is 28.3 Å². The summed E-state index contributed by atoms with van der Waals surface area (Å²) in [7, 11) is 1.53. The van der Waals surface area contributed by atoms with Crippen molar-refractivity contribution in [1.29, 1.82) is 0 Å². The highest BCUT2D eigenvalue weighted by Gasteiger charge is 2.24. The molecule has 8 nitrogen and oxygen atoms in total. The first-order valence-electron chi connectivity index (χ1n) is 6.72. The number of esters is 1. The third-order valence-electron chi connectivity index (χ3n) is 3.23. The molecule has 3 N–H and O–H groups in total. The van der Waals surface area contributed by atoms with E-state index in [4.69, 9.17) is 19.6 Å². The largest absolute Gasteiger partial charge is 0.497 e. The lowest BCUT2D eigenvalue weighted by atomic mass is 10.1. The lowest BCUT2D eigenvalue weighted by Gasteiger charge is -2.10. The SMILES string of the molecule is COc1ccc2oc(C(=O)OC(C)C(=O)NC(N)=O)c(C)c2c1. The van der Waals surface area contributed by atoms with Gasteiger partial charge in [-0.25, -0.2) is 9.59 Å². The minimum Gasteiger partial charge on any atom is -0.497 e. The van der Waals surface area contributed by atoms with Crippen molar-refractivity contribution in [3.05, 3.63) is 29.5 Å². The molecular formula is C15H16N2O6. The number of carbonyl (C=O) groups excluding carboxylic acids is 3. The van der Waals surface area contributed by atoms with E-state index in [-0.39, 0.29) is 5.76 Å². The topological polar surface area (TPSA) is 121 Å². The highest BCUT2D eigenvalue weighted by Crippen LogP contribution is 2.29. The van der Waals surface area contributed by atoms with E-state index in [1.165, 1.54) is 14.0 Å². The lowest BCUT2D eigenvalue weighted by Crippen LogP contribution is -2.42. The fraction of sp³-hybridized carbons (Fsp3) is 0.267. The maximum absolute atomic E-state index is 12.1. The van der Waals surface area contributed by atoms with Crippen LogP contribution in [0.3, 0.4) is 0 Å². The number of fused-ring (bicyclic) bond motifs is 1. The number of furan rings is 1. The highest BCUT2D eigenvalue weighted by molar-refractivity contribution is 5.99. The first-order chi connectivity index (χ1) is 10.8. The second-order valence-corrected chi connectivity index (χ2v) is 4.82. The van der Waals surface area contributed by atoms with Crippen LogP contribution in [-0.2, 0) is 9.53 Å². The van der Waals surface area contributed by atoms with Crippen molar-refractivity contribution in [1.82, 2.24) is 5.32 Å². The van der Waals surface area contributed by atoms with Gasteiger partial charge in [0.2, 0.25) is 5.76 Å². The molecule has 0 bridgehead atoms. The van der Waals surface area contributed by atoms with Crippen LogP contribution < -0.4 is 15.8 Å². The number of imide groups is 1. The summed E-state index contributed by atoms with van der Waals surface area (Å²) < 4.78 is 15.6. The molecule has 1 aromatic heterocycles. The van der Waals surface area contributed by atoms with E-state index in [9.17, 15) is 14.4 Å². The van der Waals surface area contributed by atoms with E-state index < -0.39 is 24.0 Å². The molecule has 1 atom stereocenters. The molecule has 0 saturated heterocycles. The predicted octanol–water partition coefficient (Wildman–Crippen LogP) is 1.49. The maximum atomic E-state index is 12.1. The summed E-state index contributed by atoms with van der Waals surface area (Å²) in [6.45, 7) is 3.01. The number of amides is 3. The zero-order chi connectivity index (χ0) is 17.1. The third kappa shape index (κ3) is 3.42. The number of benzene rings is 1. The van der Waals surface area contributed by atoms with E-state index in [0.29, 0.717) is 22.3 Å². The van der Waals surface area contributed by atoms with Crippen LogP contribution in [0.4, 0.5) is 4.79 Å². The molecule has 23 heavy (non-hydrogen) atoms. The Morgan fingerprint density at radius 2 is 2.00 bits per heavy atom. The average Bonchev–Trinajstić information content (AvgIpc) is 2.83. The van der Waals surface area contributed by atoms with Crippen LogP contribution in [0, 0.1) is 6.92 Å². The van der Waals surface area contributed by atoms with Gasteiger partial charge in [-0.15, -0.1) is 0 Å². The van der Waals surface area contributed by atoms with Gasteiger partial charge >= 0.3 is 12.0 Å². The Kier molecular flexibility index (Phi) is 4.54. The summed E-state index contributed by atoms with van der Waals surface area (Å²) in [6.07, 6.45) is -1.20. The maximum Gasteiger partial charge on any atom is 0.375 e. The van der Waals surface area contributed by atoms with Crippen LogP contribution in [0.5, 0.6) is 5.75 Å². The fourth-order valence-corrected chi connectivity index (χ4v) is 2.01. The first kappa shape index (κ1) is 16.3. The van der Waals surface area contributed by atoms with Gasteiger partial charge in [-0.3, -0.25) is 10.1 Å². The summed E-state index contributed by atoms with van der Waals surface area (Å²) in [5.41, 5.74) is 5.89. The molecule has 1 unspecified atom stereocenters. The van der Waals surface area contributed by atoms with Crippen molar-refractivity contribution in [3.8, 4) is 5.75 Å². The van der Waals surface area contributed by atoms with Gasteiger partial charge < -0.3 is 19.6 Å². The van der Waals surface area contributed by atoms with Gasteiger partial charge in [0, 0.05) is 10.9 Å². The van der Waals surface area contributed by atoms with Gasteiger partial charge in [0.1, 0.15) is 11.3 Å². The zero-order valence-electron chi connectivity index (χ0n) is 12.8. The molecule has 8 heteroatoms. The normalized spacial score (nSPS) is 11.8. The number of ether oxygens (including phenoxy) is 2. The quantitative estimate of drug-likeness (QED) is 0.823. The lowest BCUT2D eigenvalue weighted by molar-refractivity contribution is -0.127. The average molecular weight is 320 g/mol. The van der Waals surface area contributed by atoms with Crippen molar-refractivity contribution >= 4 is 28.9 Å². The number of primary amides is 1. The second-order valence-electron chi connectivity index (χ2n) is 4.82. The molecule has 122 valence electrons. The van der Waals surface area contributed by atoms with Gasteiger partial charge in [0.05, 0.1) is 7.11 Å². The van der Waals surface area contributed by atoms with Gasteiger partial charge in [0.15, 0.2) is 6.10 Å². The summed E-state index contributed by atoms with van der Waals surface area (Å²) in [5, 5.41) is 2.53. The van der Waals surface area contributed by atoms with E-state index in [1.54, 1.807) is 25.1 Å². The number of rotatable bonds is 4. The zero-order valence-corrected chi connectivity index (χ0v) is 12.8. The van der Waals surface area contributed by atoms with Crippen LogP contribution in [-0.4, -0.2) is 31.1 Å². The number of nitrogens with two attached hydrogens (primary N) is 1. The van der Waals surface area contributed by atoms with E-state index in [1.807, 2.05) is 5.32 Å². The first-order valence-corrected chi connectivity index (χ1v) is 6.72. The van der Waals surface area contributed by atoms with Crippen molar-refractivity contribution in [2.24, 2.45) is 5.73 Å². The van der Waals surface area contributed by atoms with E-state index in [0.717, 1.165) is 0 Å². The number of nitrogens with one attached hydrogen (secondary N) is 1. The fourth-order valence-electron chi connectivity index (χ4n) is 2.01. The Balaban J connectivity index is 2.22. The Morgan fingerprint density at radius 1 is 1.30 bits per heavy atom. The van der Waals surface area contributed by atoms with Gasteiger partial charge in [0.25, 0.3) is 5.91 Å². The predicted molar refractivity (Wildman–Crippen MR) is 80.1 cm³/mol. The van der Waals surface area contributed by atoms with Gasteiger partial charge in [-0.05, 0) is 32.0 Å². The molecule has 1 heterocycles. The van der Waals surface area contributed by atoms with Crippen LogP contribution in [0.25, 0.3) is 11.0 Å². The van der Waals surface area contributed by atoms with Crippen LogP contribution in [0.2, 0.25) is 0 Å². The molecule has 3 amide bonds. The monoisotopic (exact) mass is 320 g/mol. The highest BCUT2D eigenvalue weighted by atomic mass is 16.6. The Morgan fingerprint density at radius 3 is 2.61 bits per heavy atom. The van der Waals surface area contributed by atoms with Crippen molar-refractivity contribution in [2.75, 3.05) is 7.11 Å². The van der Waals surface area contributed by atoms with Crippen molar-refractivity contribution in [3.63, 3.8) is 0 Å². The van der Waals surface area contributed by atoms with Gasteiger partial charge in [-0.2, -0.15) is 0 Å². The summed E-state index contributed by atoms with van der Waals surface area (Å²) >= 11 is 0. The van der Waals surface area contributed by atoms with Gasteiger partial charge in [-0.1, -0.05) is 0 Å². The number of urea groups is 1. The number of methoxy groups -OCH3 is 1. The number of hydrogen-bond acceptors (Lipinski definition) is 6. The molecule has 1 aromatic carbocycles. The smallest absolute Gasteiger partial charge is 0.375 e. The number of aryl methyl sites for hydroxylation is 1. The number of hydrogen-bond donors (Lipinski definition) is 2. The third-order valence-corrected chi connectivity index (χ3v) is 3.23.